The van der Waals surface area contributed by atoms with Crippen LogP contribution in [0, 0.1) is 12.8 Å². The van der Waals surface area contributed by atoms with Crippen molar-refractivity contribution in [2.24, 2.45) is 5.92 Å². The van der Waals surface area contributed by atoms with Crippen molar-refractivity contribution in [2.45, 2.75) is 38.6 Å². The number of carbonyl (C=O) groups is 1. The number of carbonyl (C=O) groups excluding carboxylic acids is 1. The minimum Gasteiger partial charge on any atom is -0.374 e. The summed E-state index contributed by atoms with van der Waals surface area (Å²) >= 11 is 0. The molecular weight excluding hydrogens is 272 g/mol. The van der Waals surface area contributed by atoms with Gasteiger partial charge in [0.05, 0.1) is 6.54 Å². The summed E-state index contributed by atoms with van der Waals surface area (Å²) in [7, 11) is 2.18. The normalized spacial score (nSPS) is 21.4. The van der Waals surface area contributed by atoms with Crippen LogP contribution in [0.4, 0.5) is 5.69 Å². The molecule has 1 aromatic carbocycles. The summed E-state index contributed by atoms with van der Waals surface area (Å²) in [6, 6.07) is 9.23. The fraction of sp³-hybridized carbons (Fsp3) is 0.526. The molecule has 1 N–H and O–H groups in total. The topological polar surface area (TPSA) is 32.3 Å². The zero-order valence-corrected chi connectivity index (χ0v) is 13.8. The van der Waals surface area contributed by atoms with Crippen molar-refractivity contribution in [3.8, 4) is 0 Å². The first-order valence-electron chi connectivity index (χ1n) is 8.25. The molecule has 0 radical (unpaired) electrons. The molecule has 0 atom stereocenters. The molecule has 0 heterocycles. The summed E-state index contributed by atoms with van der Waals surface area (Å²) in [5.74, 6) is 0.834. The Balaban J connectivity index is 1.73. The van der Waals surface area contributed by atoms with Crippen LogP contribution in [0.25, 0.3) is 0 Å². The Labute approximate surface area is 134 Å². The molecule has 1 saturated carbocycles. The van der Waals surface area contributed by atoms with E-state index in [0.29, 0.717) is 12.6 Å². The Morgan fingerprint density at radius 1 is 1.27 bits per heavy atom. The third-order valence-corrected chi connectivity index (χ3v) is 4.65. The van der Waals surface area contributed by atoms with E-state index in [-0.39, 0.29) is 5.78 Å². The second kappa shape index (κ2) is 8.14. The van der Waals surface area contributed by atoms with Crippen LogP contribution in [0.15, 0.2) is 36.9 Å². The van der Waals surface area contributed by atoms with Gasteiger partial charge in [-0.25, -0.2) is 0 Å². The largest absolute Gasteiger partial charge is 0.374 e. The second-order valence-corrected chi connectivity index (χ2v) is 6.49. The van der Waals surface area contributed by atoms with Gasteiger partial charge in [-0.3, -0.25) is 4.79 Å². The van der Waals surface area contributed by atoms with Crippen LogP contribution in [0.1, 0.15) is 31.2 Å². The smallest absolute Gasteiger partial charge is 0.168 e. The highest BCUT2D eigenvalue weighted by Crippen LogP contribution is 2.26. The fourth-order valence-electron chi connectivity index (χ4n) is 3.16. The van der Waals surface area contributed by atoms with Crippen molar-refractivity contribution in [1.82, 2.24) is 5.32 Å². The summed E-state index contributed by atoms with van der Waals surface area (Å²) in [5.41, 5.74) is 2.60. The van der Waals surface area contributed by atoms with Crippen molar-refractivity contribution in [3.05, 3.63) is 42.5 Å². The quantitative estimate of drug-likeness (QED) is 0.784. The second-order valence-electron chi connectivity index (χ2n) is 6.49. The van der Waals surface area contributed by atoms with Gasteiger partial charge in [-0.05, 0) is 56.7 Å². The minimum absolute atomic E-state index is 0.0845. The van der Waals surface area contributed by atoms with E-state index in [1.807, 2.05) is 0 Å². The molecule has 0 saturated heterocycles. The van der Waals surface area contributed by atoms with Crippen molar-refractivity contribution < 1.29 is 4.79 Å². The van der Waals surface area contributed by atoms with Gasteiger partial charge < -0.3 is 10.2 Å². The van der Waals surface area contributed by atoms with Crippen LogP contribution in [-0.2, 0) is 4.79 Å². The molecule has 0 aromatic heterocycles. The van der Waals surface area contributed by atoms with Crippen molar-refractivity contribution in [2.75, 3.05) is 25.0 Å². The molecule has 22 heavy (non-hydrogen) atoms. The number of ketones is 1. The monoisotopic (exact) mass is 300 g/mol. The molecule has 3 nitrogen and oxygen atoms in total. The van der Waals surface area contributed by atoms with Gasteiger partial charge in [-0.15, -0.1) is 0 Å². The van der Waals surface area contributed by atoms with E-state index in [0.717, 1.165) is 25.3 Å². The van der Waals surface area contributed by atoms with Gasteiger partial charge in [0.25, 0.3) is 0 Å². The highest BCUT2D eigenvalue weighted by molar-refractivity contribution is 5.90. The van der Waals surface area contributed by atoms with Gasteiger partial charge in [-0.2, -0.15) is 0 Å². The summed E-state index contributed by atoms with van der Waals surface area (Å²) < 4.78 is 0. The molecule has 0 bridgehead atoms. The van der Waals surface area contributed by atoms with Crippen molar-refractivity contribution in [3.63, 3.8) is 0 Å². The van der Waals surface area contributed by atoms with Gasteiger partial charge in [-0.1, -0.05) is 24.3 Å². The predicted octanol–water partition coefficient (Wildman–Crippen LogP) is 3.33. The molecule has 0 spiro atoms. The van der Waals surface area contributed by atoms with Gasteiger partial charge >= 0.3 is 0 Å². The van der Waals surface area contributed by atoms with Crippen LogP contribution in [0.5, 0.6) is 0 Å². The highest BCUT2D eigenvalue weighted by atomic mass is 16.1. The van der Waals surface area contributed by atoms with Gasteiger partial charge in [0.1, 0.15) is 0 Å². The van der Waals surface area contributed by atoms with E-state index in [4.69, 9.17) is 0 Å². The summed E-state index contributed by atoms with van der Waals surface area (Å²) in [6.45, 7) is 7.17. The highest BCUT2D eigenvalue weighted by Gasteiger charge is 2.22. The maximum atomic E-state index is 11.3. The van der Waals surface area contributed by atoms with E-state index in [1.165, 1.54) is 30.2 Å². The average Bonchev–Trinajstić information content (AvgIpc) is 2.54. The molecule has 120 valence electrons. The molecule has 1 aliphatic carbocycles. The molecule has 1 aliphatic rings. The predicted molar refractivity (Wildman–Crippen MR) is 93.4 cm³/mol. The molecule has 3 heteroatoms. The lowest BCUT2D eigenvalue weighted by Crippen LogP contribution is -2.38. The Kier molecular flexibility index (Phi) is 6.20. The number of benzene rings is 1. The number of nitrogens with zero attached hydrogens (tertiary/aromatic N) is 1. The summed E-state index contributed by atoms with van der Waals surface area (Å²) in [5, 5.41) is 3.35. The standard InChI is InChI=1S/C19H28N2O/c1-4-19(22)13-20-17-9-7-16(8-10-17)14-21(3)18-11-5-15(2)6-12-18/h4-6,11-12,16-17,20H,1,7-10,13-14H2,2-3H3. The number of aryl methyl sites for hydroxylation is 1. The lowest BCUT2D eigenvalue weighted by atomic mass is 9.85. The van der Waals surface area contributed by atoms with Gasteiger partial charge in [0.15, 0.2) is 5.78 Å². The van der Waals surface area contributed by atoms with E-state index in [9.17, 15) is 4.79 Å². The van der Waals surface area contributed by atoms with Crippen LogP contribution in [0.2, 0.25) is 0 Å². The number of hydrogen-bond acceptors (Lipinski definition) is 3. The van der Waals surface area contributed by atoms with Crippen LogP contribution in [0.3, 0.4) is 0 Å². The van der Waals surface area contributed by atoms with E-state index >= 15 is 0 Å². The molecule has 1 aromatic rings. The lowest BCUT2D eigenvalue weighted by molar-refractivity contribution is -0.114. The first kappa shape index (κ1) is 16.8. The number of hydrogen-bond donors (Lipinski definition) is 1. The molecule has 1 fully saturated rings. The zero-order chi connectivity index (χ0) is 15.9. The number of rotatable bonds is 7. The van der Waals surface area contributed by atoms with E-state index < -0.39 is 0 Å². The zero-order valence-electron chi connectivity index (χ0n) is 13.8. The lowest BCUT2D eigenvalue weighted by Gasteiger charge is -2.32. The average molecular weight is 300 g/mol. The molecular formula is C19H28N2O. The first-order valence-corrected chi connectivity index (χ1v) is 8.25. The van der Waals surface area contributed by atoms with Crippen LogP contribution < -0.4 is 10.2 Å². The van der Waals surface area contributed by atoms with E-state index in [2.05, 4.69) is 55.0 Å². The van der Waals surface area contributed by atoms with Gasteiger partial charge in [0, 0.05) is 25.3 Å². The Bertz CT molecular complexity index is 487. The first-order chi connectivity index (χ1) is 10.6. The molecule has 2 rings (SSSR count). The Hall–Kier alpha value is -1.61. The van der Waals surface area contributed by atoms with Gasteiger partial charge in [0.2, 0.25) is 0 Å². The number of anilines is 1. The third-order valence-electron chi connectivity index (χ3n) is 4.65. The van der Waals surface area contributed by atoms with E-state index in [1.54, 1.807) is 0 Å². The third kappa shape index (κ3) is 4.99. The maximum Gasteiger partial charge on any atom is 0.168 e. The maximum absolute atomic E-state index is 11.3. The van der Waals surface area contributed by atoms with Crippen LogP contribution >= 0.6 is 0 Å². The SMILES string of the molecule is C=CC(=O)CNC1CCC(CN(C)c2ccc(C)cc2)CC1. The van der Waals surface area contributed by atoms with Crippen molar-refractivity contribution >= 4 is 11.5 Å². The summed E-state index contributed by atoms with van der Waals surface area (Å²) in [6.07, 6.45) is 6.19. The molecule has 0 aliphatic heterocycles. The molecule has 0 unspecified atom stereocenters. The Morgan fingerprint density at radius 2 is 1.91 bits per heavy atom. The van der Waals surface area contributed by atoms with Crippen LogP contribution in [-0.4, -0.2) is 32.0 Å². The molecule has 0 amide bonds. The minimum atomic E-state index is 0.0845. The number of nitrogens with one attached hydrogen (secondary N) is 1. The van der Waals surface area contributed by atoms with Crippen molar-refractivity contribution in [1.29, 1.82) is 0 Å². The fourth-order valence-corrected chi connectivity index (χ4v) is 3.16. The Morgan fingerprint density at radius 3 is 2.50 bits per heavy atom. The summed E-state index contributed by atoms with van der Waals surface area (Å²) in [4.78, 5) is 13.6.